The standard InChI is InChI=1S/C15H13ClN4O2S/c1-10-13(16)6-3-7-14(10)23(21,22)9-11-4-2-5-12(8-11)15-17-19-20-18-15/h2-8H,9H2,1H3,(H,17,18,19,20). The molecule has 0 aliphatic heterocycles. The fourth-order valence-electron chi connectivity index (χ4n) is 2.31. The van der Waals surface area contributed by atoms with Crippen molar-refractivity contribution in [3.05, 3.63) is 58.6 Å². The van der Waals surface area contributed by atoms with Gasteiger partial charge in [-0.15, -0.1) is 10.2 Å². The molecule has 6 nitrogen and oxygen atoms in total. The summed E-state index contributed by atoms with van der Waals surface area (Å²) >= 11 is 6.02. The van der Waals surface area contributed by atoms with Gasteiger partial charge < -0.3 is 0 Å². The van der Waals surface area contributed by atoms with E-state index in [2.05, 4.69) is 20.6 Å². The van der Waals surface area contributed by atoms with E-state index in [1.54, 1.807) is 49.4 Å². The molecule has 0 saturated heterocycles. The van der Waals surface area contributed by atoms with Gasteiger partial charge in [-0.3, -0.25) is 0 Å². The summed E-state index contributed by atoms with van der Waals surface area (Å²) in [7, 11) is -3.50. The molecule has 0 unspecified atom stereocenters. The molecule has 0 atom stereocenters. The summed E-state index contributed by atoms with van der Waals surface area (Å²) in [5, 5.41) is 14.1. The lowest BCUT2D eigenvalue weighted by Crippen LogP contribution is -2.07. The Hall–Kier alpha value is -2.25. The fraction of sp³-hybridized carbons (Fsp3) is 0.133. The summed E-state index contributed by atoms with van der Waals surface area (Å²) < 4.78 is 25.3. The van der Waals surface area contributed by atoms with Crippen LogP contribution in [0.5, 0.6) is 0 Å². The summed E-state index contributed by atoms with van der Waals surface area (Å²) in [4.78, 5) is 0.245. The number of nitrogens with zero attached hydrogens (tertiary/aromatic N) is 3. The van der Waals surface area contributed by atoms with E-state index in [4.69, 9.17) is 11.6 Å². The molecule has 0 fully saturated rings. The molecule has 118 valence electrons. The molecule has 0 aliphatic rings. The first-order valence-electron chi connectivity index (χ1n) is 6.78. The molecule has 23 heavy (non-hydrogen) atoms. The van der Waals surface area contributed by atoms with Crippen LogP contribution in [0.4, 0.5) is 0 Å². The third-order valence-electron chi connectivity index (χ3n) is 3.44. The summed E-state index contributed by atoms with van der Waals surface area (Å²) in [5.74, 6) is 0.294. The van der Waals surface area contributed by atoms with Crippen molar-refractivity contribution in [2.45, 2.75) is 17.6 Å². The number of aromatic amines is 1. The normalized spacial score (nSPS) is 11.6. The highest BCUT2D eigenvalue weighted by Gasteiger charge is 2.19. The highest BCUT2D eigenvalue weighted by molar-refractivity contribution is 7.90. The monoisotopic (exact) mass is 348 g/mol. The number of nitrogens with one attached hydrogen (secondary N) is 1. The van der Waals surface area contributed by atoms with Crippen LogP contribution in [-0.2, 0) is 15.6 Å². The van der Waals surface area contributed by atoms with Crippen molar-refractivity contribution >= 4 is 21.4 Å². The molecule has 0 spiro atoms. The Bertz CT molecular complexity index is 940. The largest absolute Gasteiger partial charge is 0.223 e. The van der Waals surface area contributed by atoms with Gasteiger partial charge in [0.2, 0.25) is 5.82 Å². The number of sulfone groups is 1. The van der Waals surface area contributed by atoms with Crippen LogP contribution in [0.2, 0.25) is 5.02 Å². The van der Waals surface area contributed by atoms with Crippen molar-refractivity contribution < 1.29 is 8.42 Å². The Balaban J connectivity index is 1.95. The number of hydrogen-bond acceptors (Lipinski definition) is 5. The second-order valence-corrected chi connectivity index (χ2v) is 7.42. The lowest BCUT2D eigenvalue weighted by atomic mass is 10.1. The number of aromatic nitrogens is 4. The zero-order valence-electron chi connectivity index (χ0n) is 12.2. The maximum Gasteiger partial charge on any atom is 0.204 e. The summed E-state index contributed by atoms with van der Waals surface area (Å²) in [6.07, 6.45) is 0. The number of tetrazole rings is 1. The van der Waals surface area contributed by atoms with E-state index in [9.17, 15) is 8.42 Å². The average molecular weight is 349 g/mol. The number of benzene rings is 2. The third kappa shape index (κ3) is 3.25. The van der Waals surface area contributed by atoms with Gasteiger partial charge in [-0.1, -0.05) is 35.9 Å². The third-order valence-corrected chi connectivity index (χ3v) is 5.68. The van der Waals surface area contributed by atoms with Crippen molar-refractivity contribution in [3.63, 3.8) is 0 Å². The summed E-state index contributed by atoms with van der Waals surface area (Å²) in [6, 6.07) is 11.9. The maximum absolute atomic E-state index is 12.7. The molecule has 0 bridgehead atoms. The Labute approximate surface area is 138 Å². The molecular formula is C15H13ClN4O2S. The molecule has 1 N–H and O–H groups in total. The van der Waals surface area contributed by atoms with Crippen LogP contribution in [-0.4, -0.2) is 29.0 Å². The highest BCUT2D eigenvalue weighted by atomic mass is 35.5. The van der Waals surface area contributed by atoms with E-state index in [-0.39, 0.29) is 10.6 Å². The smallest absolute Gasteiger partial charge is 0.204 e. The van der Waals surface area contributed by atoms with Crippen LogP contribution in [0.25, 0.3) is 11.4 Å². The molecule has 0 aliphatic carbocycles. The van der Waals surface area contributed by atoms with Gasteiger partial charge in [0, 0.05) is 10.6 Å². The lowest BCUT2D eigenvalue weighted by molar-refractivity contribution is 0.594. The molecule has 3 aromatic rings. The van der Waals surface area contributed by atoms with Crippen molar-refractivity contribution in [2.24, 2.45) is 0 Å². The van der Waals surface area contributed by atoms with E-state index in [0.29, 0.717) is 27.5 Å². The van der Waals surface area contributed by atoms with E-state index in [1.165, 1.54) is 0 Å². The number of rotatable bonds is 4. The van der Waals surface area contributed by atoms with E-state index in [0.717, 1.165) is 0 Å². The average Bonchev–Trinajstić information content (AvgIpc) is 3.04. The molecule has 1 aromatic heterocycles. The fourth-order valence-corrected chi connectivity index (χ4v) is 4.17. The molecule has 3 rings (SSSR count). The minimum Gasteiger partial charge on any atom is -0.223 e. The van der Waals surface area contributed by atoms with Gasteiger partial charge in [0.05, 0.1) is 10.6 Å². The van der Waals surface area contributed by atoms with Crippen LogP contribution in [0, 0.1) is 6.92 Å². The van der Waals surface area contributed by atoms with Crippen LogP contribution in [0.3, 0.4) is 0 Å². The predicted octanol–water partition coefficient (Wildman–Crippen LogP) is 2.80. The zero-order chi connectivity index (χ0) is 16.4. The quantitative estimate of drug-likeness (QED) is 0.783. The van der Waals surface area contributed by atoms with Gasteiger partial charge in [-0.05, 0) is 41.5 Å². The van der Waals surface area contributed by atoms with Gasteiger partial charge in [0.15, 0.2) is 9.84 Å². The van der Waals surface area contributed by atoms with Crippen LogP contribution in [0.15, 0.2) is 47.4 Å². The van der Waals surface area contributed by atoms with Gasteiger partial charge in [0.1, 0.15) is 0 Å². The zero-order valence-corrected chi connectivity index (χ0v) is 13.8. The van der Waals surface area contributed by atoms with Crippen molar-refractivity contribution in [1.82, 2.24) is 20.6 Å². The lowest BCUT2D eigenvalue weighted by Gasteiger charge is -2.09. The van der Waals surface area contributed by atoms with Crippen LogP contribution < -0.4 is 0 Å². The maximum atomic E-state index is 12.7. The van der Waals surface area contributed by atoms with E-state index in [1.807, 2.05) is 0 Å². The first-order valence-corrected chi connectivity index (χ1v) is 8.81. The van der Waals surface area contributed by atoms with Gasteiger partial charge in [0.25, 0.3) is 0 Å². The van der Waals surface area contributed by atoms with Crippen molar-refractivity contribution in [1.29, 1.82) is 0 Å². The number of H-pyrrole nitrogens is 1. The molecule has 8 heteroatoms. The Morgan fingerprint density at radius 1 is 1.17 bits per heavy atom. The molecule has 0 radical (unpaired) electrons. The number of hydrogen-bond donors (Lipinski definition) is 1. The second-order valence-electron chi connectivity index (χ2n) is 5.06. The molecule has 0 amide bonds. The van der Waals surface area contributed by atoms with Gasteiger partial charge in [-0.25, -0.2) is 8.42 Å². The van der Waals surface area contributed by atoms with Crippen molar-refractivity contribution in [2.75, 3.05) is 0 Å². The predicted molar refractivity (Wildman–Crippen MR) is 86.7 cm³/mol. The summed E-state index contributed by atoms with van der Waals surface area (Å²) in [5.41, 5.74) is 1.91. The Morgan fingerprint density at radius 2 is 1.96 bits per heavy atom. The highest BCUT2D eigenvalue weighted by Crippen LogP contribution is 2.26. The van der Waals surface area contributed by atoms with E-state index >= 15 is 0 Å². The first-order chi connectivity index (χ1) is 11.0. The van der Waals surface area contributed by atoms with E-state index < -0.39 is 9.84 Å². The van der Waals surface area contributed by atoms with Gasteiger partial charge in [-0.2, -0.15) is 5.21 Å². The molecule has 0 saturated carbocycles. The van der Waals surface area contributed by atoms with Crippen LogP contribution in [0.1, 0.15) is 11.1 Å². The first kappa shape index (κ1) is 15.6. The molecule has 1 heterocycles. The molecule has 2 aromatic carbocycles. The SMILES string of the molecule is Cc1c(Cl)cccc1S(=O)(=O)Cc1cccc(-c2nn[nH]n2)c1. The Kier molecular flexibility index (Phi) is 4.14. The number of halogens is 1. The minimum atomic E-state index is -3.50. The molecular weight excluding hydrogens is 336 g/mol. The van der Waals surface area contributed by atoms with Gasteiger partial charge >= 0.3 is 0 Å². The topological polar surface area (TPSA) is 88.6 Å². The summed E-state index contributed by atoms with van der Waals surface area (Å²) in [6.45, 7) is 1.70. The minimum absolute atomic E-state index is 0.125. The second kappa shape index (κ2) is 6.10. The van der Waals surface area contributed by atoms with Crippen molar-refractivity contribution in [3.8, 4) is 11.4 Å². The van der Waals surface area contributed by atoms with Crippen LogP contribution >= 0.6 is 11.6 Å². The Morgan fingerprint density at radius 3 is 2.70 bits per heavy atom.